The Labute approximate surface area is 83.5 Å². The zero-order valence-corrected chi connectivity index (χ0v) is 8.66. The molecule has 1 saturated heterocycles. The fraction of sp³-hybridized carbons (Fsp3) is 0.778. The number of rotatable bonds is 2. The molecule has 0 amide bonds. The first-order valence-corrected chi connectivity index (χ1v) is 4.99. The monoisotopic (exact) mass is 196 g/mol. The molecule has 14 heavy (non-hydrogen) atoms. The molecule has 5 heteroatoms. The Morgan fingerprint density at radius 3 is 2.64 bits per heavy atom. The van der Waals surface area contributed by atoms with Gasteiger partial charge in [0.05, 0.1) is 0 Å². The predicted octanol–water partition coefficient (Wildman–Crippen LogP) is 0.603. The van der Waals surface area contributed by atoms with E-state index in [4.69, 9.17) is 4.52 Å². The summed E-state index contributed by atoms with van der Waals surface area (Å²) in [6.07, 6.45) is 2.18. The summed E-state index contributed by atoms with van der Waals surface area (Å²) >= 11 is 0. The quantitative estimate of drug-likeness (QED) is 0.750. The predicted molar refractivity (Wildman–Crippen MR) is 53.5 cm³/mol. The van der Waals surface area contributed by atoms with Gasteiger partial charge in [-0.3, -0.25) is 0 Å². The fourth-order valence-electron chi connectivity index (χ4n) is 1.64. The van der Waals surface area contributed by atoms with Crippen LogP contribution in [0, 0.1) is 0 Å². The van der Waals surface area contributed by atoms with Crippen molar-refractivity contribution in [2.24, 2.45) is 0 Å². The molecule has 0 spiro atoms. The third-order valence-corrected chi connectivity index (χ3v) is 2.52. The van der Waals surface area contributed by atoms with Crippen LogP contribution in [0.25, 0.3) is 0 Å². The lowest BCUT2D eigenvalue weighted by molar-refractivity contribution is 0.320. The minimum absolute atomic E-state index is 0.442. The lowest BCUT2D eigenvalue weighted by atomic mass is 9.98. The molecule has 1 N–H and O–H groups in total. The summed E-state index contributed by atoms with van der Waals surface area (Å²) in [6.45, 7) is 2.09. The molecule has 2 rings (SSSR count). The summed E-state index contributed by atoms with van der Waals surface area (Å²) in [5, 5.41) is 7.22. The van der Waals surface area contributed by atoms with Gasteiger partial charge in [-0.15, -0.1) is 0 Å². The van der Waals surface area contributed by atoms with E-state index < -0.39 is 0 Å². The molecule has 1 fully saturated rings. The summed E-state index contributed by atoms with van der Waals surface area (Å²) in [5.74, 6) is 1.89. The van der Waals surface area contributed by atoms with Crippen LogP contribution in [-0.4, -0.2) is 37.3 Å². The van der Waals surface area contributed by atoms with Crippen molar-refractivity contribution in [3.05, 3.63) is 5.89 Å². The molecular weight excluding hydrogens is 180 g/mol. The summed E-state index contributed by atoms with van der Waals surface area (Å²) < 4.78 is 5.23. The van der Waals surface area contributed by atoms with Crippen molar-refractivity contribution in [3.63, 3.8) is 0 Å². The van der Waals surface area contributed by atoms with E-state index in [2.05, 4.69) is 15.5 Å². The zero-order valence-electron chi connectivity index (χ0n) is 8.66. The van der Waals surface area contributed by atoms with E-state index in [0.29, 0.717) is 11.9 Å². The van der Waals surface area contributed by atoms with Gasteiger partial charge >= 0.3 is 0 Å². The lowest BCUT2D eigenvalue weighted by Gasteiger charge is -2.18. The van der Waals surface area contributed by atoms with Crippen LogP contribution >= 0.6 is 0 Å². The standard InChI is InChI=1S/C9H16N4O/c1-13(2)9-11-8(14-12-9)7-3-5-10-6-4-7/h7,10H,3-6H2,1-2H3. The van der Waals surface area contributed by atoms with Gasteiger partial charge in [0.15, 0.2) is 0 Å². The number of hydrogen-bond acceptors (Lipinski definition) is 5. The highest BCUT2D eigenvalue weighted by Gasteiger charge is 2.21. The molecule has 1 aliphatic heterocycles. The summed E-state index contributed by atoms with van der Waals surface area (Å²) in [4.78, 5) is 6.21. The van der Waals surface area contributed by atoms with Crippen LogP contribution in [-0.2, 0) is 0 Å². The smallest absolute Gasteiger partial charge is 0.265 e. The fourth-order valence-corrected chi connectivity index (χ4v) is 1.64. The maximum Gasteiger partial charge on any atom is 0.265 e. The van der Waals surface area contributed by atoms with Crippen LogP contribution in [0.4, 0.5) is 5.95 Å². The Morgan fingerprint density at radius 2 is 2.07 bits per heavy atom. The zero-order chi connectivity index (χ0) is 9.97. The highest BCUT2D eigenvalue weighted by atomic mass is 16.5. The molecular formula is C9H16N4O. The van der Waals surface area contributed by atoms with Crippen LogP contribution in [0.3, 0.4) is 0 Å². The molecule has 5 nitrogen and oxygen atoms in total. The van der Waals surface area contributed by atoms with E-state index in [1.54, 1.807) is 0 Å². The molecule has 78 valence electrons. The van der Waals surface area contributed by atoms with Crippen LogP contribution < -0.4 is 10.2 Å². The first-order chi connectivity index (χ1) is 6.77. The van der Waals surface area contributed by atoms with Crippen LogP contribution in [0.15, 0.2) is 4.52 Å². The SMILES string of the molecule is CN(C)c1noc(C2CCNCC2)n1. The first-order valence-electron chi connectivity index (χ1n) is 4.99. The van der Waals surface area contributed by atoms with Gasteiger partial charge in [0, 0.05) is 20.0 Å². The van der Waals surface area contributed by atoms with Crippen molar-refractivity contribution in [2.75, 3.05) is 32.1 Å². The molecule has 0 saturated carbocycles. The van der Waals surface area contributed by atoms with Gasteiger partial charge in [0.1, 0.15) is 0 Å². The molecule has 0 radical (unpaired) electrons. The minimum Gasteiger partial charge on any atom is -0.344 e. The van der Waals surface area contributed by atoms with E-state index >= 15 is 0 Å². The second-order valence-corrected chi connectivity index (χ2v) is 3.85. The van der Waals surface area contributed by atoms with Crippen LogP contribution in [0.1, 0.15) is 24.7 Å². The number of hydrogen-bond donors (Lipinski definition) is 1. The Morgan fingerprint density at radius 1 is 1.36 bits per heavy atom. The maximum absolute atomic E-state index is 5.23. The second-order valence-electron chi connectivity index (χ2n) is 3.85. The first kappa shape index (κ1) is 9.45. The van der Waals surface area contributed by atoms with Crippen molar-refractivity contribution >= 4 is 5.95 Å². The van der Waals surface area contributed by atoms with Gasteiger partial charge in [-0.2, -0.15) is 4.98 Å². The third-order valence-electron chi connectivity index (χ3n) is 2.52. The van der Waals surface area contributed by atoms with E-state index in [1.807, 2.05) is 19.0 Å². The van der Waals surface area contributed by atoms with Crippen LogP contribution in [0.5, 0.6) is 0 Å². The summed E-state index contributed by atoms with van der Waals surface area (Å²) in [6, 6.07) is 0. The molecule has 1 aliphatic rings. The minimum atomic E-state index is 0.442. The molecule has 1 aromatic rings. The van der Waals surface area contributed by atoms with Crippen molar-refractivity contribution < 1.29 is 4.52 Å². The average Bonchev–Trinajstić information content (AvgIpc) is 2.68. The van der Waals surface area contributed by atoms with Gasteiger partial charge in [-0.25, -0.2) is 0 Å². The molecule has 0 aromatic carbocycles. The highest BCUT2D eigenvalue weighted by molar-refractivity contribution is 5.24. The van der Waals surface area contributed by atoms with Crippen LogP contribution in [0.2, 0.25) is 0 Å². The van der Waals surface area contributed by atoms with Crippen molar-refractivity contribution in [1.29, 1.82) is 0 Å². The molecule has 0 aliphatic carbocycles. The summed E-state index contributed by atoms with van der Waals surface area (Å²) in [5.41, 5.74) is 0. The highest BCUT2D eigenvalue weighted by Crippen LogP contribution is 2.24. The average molecular weight is 196 g/mol. The molecule has 0 atom stereocenters. The van der Waals surface area contributed by atoms with Gasteiger partial charge in [-0.1, -0.05) is 0 Å². The van der Waals surface area contributed by atoms with Gasteiger partial charge in [0.25, 0.3) is 5.95 Å². The van der Waals surface area contributed by atoms with E-state index in [9.17, 15) is 0 Å². The Bertz CT molecular complexity index is 291. The van der Waals surface area contributed by atoms with E-state index in [1.165, 1.54) is 0 Å². The summed E-state index contributed by atoms with van der Waals surface area (Å²) in [7, 11) is 3.83. The van der Waals surface area contributed by atoms with Crippen molar-refractivity contribution in [1.82, 2.24) is 15.5 Å². The Balaban J connectivity index is 2.07. The largest absolute Gasteiger partial charge is 0.344 e. The van der Waals surface area contributed by atoms with Crippen molar-refractivity contribution in [2.45, 2.75) is 18.8 Å². The Hall–Kier alpha value is -1.10. The second kappa shape index (κ2) is 3.96. The van der Waals surface area contributed by atoms with Crippen molar-refractivity contribution in [3.8, 4) is 0 Å². The van der Waals surface area contributed by atoms with Gasteiger partial charge in [-0.05, 0) is 31.1 Å². The topological polar surface area (TPSA) is 54.2 Å². The number of nitrogens with zero attached hydrogens (tertiary/aromatic N) is 3. The van der Waals surface area contributed by atoms with Gasteiger partial charge < -0.3 is 14.7 Å². The normalized spacial score (nSPS) is 18.4. The molecule has 1 aromatic heterocycles. The molecule has 0 unspecified atom stereocenters. The molecule has 0 bridgehead atoms. The number of piperidine rings is 1. The van der Waals surface area contributed by atoms with Gasteiger partial charge in [0.2, 0.25) is 5.89 Å². The number of anilines is 1. The number of nitrogens with one attached hydrogen (secondary N) is 1. The maximum atomic E-state index is 5.23. The molecule has 2 heterocycles. The third kappa shape index (κ3) is 1.87. The number of aromatic nitrogens is 2. The Kier molecular flexibility index (Phi) is 2.67. The van der Waals surface area contributed by atoms with E-state index in [-0.39, 0.29) is 0 Å². The lowest BCUT2D eigenvalue weighted by Crippen LogP contribution is -2.26. The van der Waals surface area contributed by atoms with E-state index in [0.717, 1.165) is 31.8 Å².